The lowest BCUT2D eigenvalue weighted by atomic mass is 10.3. The molecule has 0 amide bonds. The number of hydrogen-bond donors (Lipinski definition) is 0. The van der Waals surface area contributed by atoms with Gasteiger partial charge >= 0.3 is 0 Å². The SMILES string of the molecule is CCC#CCCOCCCC. The minimum atomic E-state index is 0.799. The first-order valence-electron chi connectivity index (χ1n) is 4.45. The Morgan fingerprint density at radius 1 is 1.09 bits per heavy atom. The maximum absolute atomic E-state index is 5.32. The monoisotopic (exact) mass is 154 g/mol. The Morgan fingerprint density at radius 3 is 2.55 bits per heavy atom. The minimum absolute atomic E-state index is 0.799. The maximum atomic E-state index is 5.32. The molecule has 0 bridgehead atoms. The van der Waals surface area contributed by atoms with Gasteiger partial charge in [-0.2, -0.15) is 0 Å². The van der Waals surface area contributed by atoms with E-state index < -0.39 is 0 Å². The molecule has 0 unspecified atom stereocenters. The third-order valence-corrected chi connectivity index (χ3v) is 1.32. The molecule has 0 aromatic heterocycles. The topological polar surface area (TPSA) is 9.23 Å². The second-order valence-corrected chi connectivity index (χ2v) is 2.42. The molecular formula is C10H18O. The van der Waals surface area contributed by atoms with Crippen molar-refractivity contribution in [1.29, 1.82) is 0 Å². The van der Waals surface area contributed by atoms with E-state index in [0.29, 0.717) is 0 Å². The minimum Gasteiger partial charge on any atom is -0.380 e. The van der Waals surface area contributed by atoms with E-state index in [9.17, 15) is 0 Å². The number of unbranched alkanes of at least 4 members (excludes halogenated alkanes) is 1. The summed E-state index contributed by atoms with van der Waals surface area (Å²) in [6, 6.07) is 0. The van der Waals surface area contributed by atoms with E-state index in [1.54, 1.807) is 0 Å². The van der Waals surface area contributed by atoms with Crippen LogP contribution in [0.1, 0.15) is 39.5 Å². The van der Waals surface area contributed by atoms with Crippen LogP contribution in [0.3, 0.4) is 0 Å². The van der Waals surface area contributed by atoms with Gasteiger partial charge in [-0.05, 0) is 6.42 Å². The lowest BCUT2D eigenvalue weighted by Gasteiger charge is -1.97. The van der Waals surface area contributed by atoms with Crippen LogP contribution in [0.15, 0.2) is 0 Å². The molecule has 0 atom stereocenters. The largest absolute Gasteiger partial charge is 0.380 e. The molecule has 0 aliphatic rings. The summed E-state index contributed by atoms with van der Waals surface area (Å²) in [7, 11) is 0. The van der Waals surface area contributed by atoms with Gasteiger partial charge in [0, 0.05) is 19.4 Å². The summed E-state index contributed by atoms with van der Waals surface area (Å²) in [6.45, 7) is 5.92. The summed E-state index contributed by atoms with van der Waals surface area (Å²) in [6.07, 6.45) is 4.22. The van der Waals surface area contributed by atoms with Crippen molar-refractivity contribution >= 4 is 0 Å². The van der Waals surface area contributed by atoms with E-state index in [2.05, 4.69) is 25.7 Å². The predicted octanol–water partition coefficient (Wildman–Crippen LogP) is 2.61. The molecule has 0 aliphatic heterocycles. The predicted molar refractivity (Wildman–Crippen MR) is 48.4 cm³/mol. The maximum Gasteiger partial charge on any atom is 0.0575 e. The van der Waals surface area contributed by atoms with E-state index in [4.69, 9.17) is 4.74 Å². The zero-order valence-corrected chi connectivity index (χ0v) is 7.65. The zero-order valence-electron chi connectivity index (χ0n) is 7.65. The Hall–Kier alpha value is -0.480. The third-order valence-electron chi connectivity index (χ3n) is 1.32. The average Bonchev–Trinajstić information content (AvgIpc) is 2.03. The second-order valence-electron chi connectivity index (χ2n) is 2.42. The van der Waals surface area contributed by atoms with Crippen LogP contribution in [0.5, 0.6) is 0 Å². The van der Waals surface area contributed by atoms with E-state index in [-0.39, 0.29) is 0 Å². The Labute approximate surface area is 70.1 Å². The van der Waals surface area contributed by atoms with Gasteiger partial charge in [0.15, 0.2) is 0 Å². The van der Waals surface area contributed by atoms with Gasteiger partial charge in [-0.15, -0.1) is 11.8 Å². The highest BCUT2D eigenvalue weighted by atomic mass is 16.5. The van der Waals surface area contributed by atoms with Crippen molar-refractivity contribution in [2.75, 3.05) is 13.2 Å². The van der Waals surface area contributed by atoms with Crippen molar-refractivity contribution < 1.29 is 4.74 Å². The van der Waals surface area contributed by atoms with E-state index in [0.717, 1.165) is 26.1 Å². The van der Waals surface area contributed by atoms with Gasteiger partial charge in [-0.3, -0.25) is 0 Å². The number of ether oxygens (including phenoxy) is 1. The van der Waals surface area contributed by atoms with Crippen LogP contribution in [-0.2, 0) is 4.74 Å². The highest BCUT2D eigenvalue weighted by Crippen LogP contribution is 1.88. The van der Waals surface area contributed by atoms with Crippen molar-refractivity contribution in [2.45, 2.75) is 39.5 Å². The first-order chi connectivity index (χ1) is 5.41. The summed E-state index contributed by atoms with van der Waals surface area (Å²) < 4.78 is 5.32. The van der Waals surface area contributed by atoms with Crippen LogP contribution in [0.25, 0.3) is 0 Å². The van der Waals surface area contributed by atoms with Gasteiger partial charge in [0.2, 0.25) is 0 Å². The fraction of sp³-hybridized carbons (Fsp3) is 0.800. The summed E-state index contributed by atoms with van der Waals surface area (Å²) in [5.74, 6) is 6.05. The standard InChI is InChI=1S/C10H18O/c1-3-5-7-8-10-11-9-6-4-2/h3-4,6,8-10H2,1-2H3. The van der Waals surface area contributed by atoms with Crippen molar-refractivity contribution in [3.63, 3.8) is 0 Å². The molecule has 1 nitrogen and oxygen atoms in total. The van der Waals surface area contributed by atoms with Crippen molar-refractivity contribution in [3.8, 4) is 11.8 Å². The number of rotatable bonds is 5. The van der Waals surface area contributed by atoms with Crippen LogP contribution in [0.4, 0.5) is 0 Å². The highest BCUT2D eigenvalue weighted by Gasteiger charge is 1.83. The van der Waals surface area contributed by atoms with Gasteiger partial charge in [0.1, 0.15) is 0 Å². The summed E-state index contributed by atoms with van der Waals surface area (Å²) in [5, 5.41) is 0. The fourth-order valence-corrected chi connectivity index (χ4v) is 0.685. The molecule has 0 saturated heterocycles. The fourth-order valence-electron chi connectivity index (χ4n) is 0.685. The number of hydrogen-bond acceptors (Lipinski definition) is 1. The van der Waals surface area contributed by atoms with E-state index >= 15 is 0 Å². The van der Waals surface area contributed by atoms with Crippen LogP contribution < -0.4 is 0 Å². The Kier molecular flexibility index (Phi) is 9.10. The molecule has 0 aromatic rings. The third kappa shape index (κ3) is 9.52. The molecule has 0 aliphatic carbocycles. The molecule has 0 fully saturated rings. The summed E-state index contributed by atoms with van der Waals surface area (Å²) in [4.78, 5) is 0. The molecule has 0 aromatic carbocycles. The van der Waals surface area contributed by atoms with Crippen LogP contribution in [-0.4, -0.2) is 13.2 Å². The lowest BCUT2D eigenvalue weighted by Crippen LogP contribution is -1.94. The molecule has 0 saturated carbocycles. The van der Waals surface area contributed by atoms with E-state index in [1.807, 2.05) is 0 Å². The summed E-state index contributed by atoms with van der Waals surface area (Å²) in [5.41, 5.74) is 0. The molecule has 11 heavy (non-hydrogen) atoms. The molecule has 64 valence electrons. The molecule has 0 N–H and O–H groups in total. The Balaban J connectivity index is 2.90. The van der Waals surface area contributed by atoms with Crippen LogP contribution in [0.2, 0.25) is 0 Å². The zero-order chi connectivity index (χ0) is 8.36. The molecular weight excluding hydrogens is 136 g/mol. The van der Waals surface area contributed by atoms with Crippen molar-refractivity contribution in [1.82, 2.24) is 0 Å². The highest BCUT2D eigenvalue weighted by molar-refractivity contribution is 4.97. The molecule has 0 radical (unpaired) electrons. The first-order valence-corrected chi connectivity index (χ1v) is 4.45. The lowest BCUT2D eigenvalue weighted by molar-refractivity contribution is 0.137. The van der Waals surface area contributed by atoms with E-state index in [1.165, 1.54) is 12.8 Å². The molecule has 0 spiro atoms. The average molecular weight is 154 g/mol. The quantitative estimate of drug-likeness (QED) is 0.437. The van der Waals surface area contributed by atoms with Crippen LogP contribution >= 0.6 is 0 Å². The van der Waals surface area contributed by atoms with Gasteiger partial charge in [-0.1, -0.05) is 20.3 Å². The smallest absolute Gasteiger partial charge is 0.0575 e. The Morgan fingerprint density at radius 2 is 1.91 bits per heavy atom. The van der Waals surface area contributed by atoms with Gasteiger partial charge < -0.3 is 4.74 Å². The van der Waals surface area contributed by atoms with Crippen molar-refractivity contribution in [3.05, 3.63) is 0 Å². The Bertz CT molecular complexity index is 119. The molecule has 0 rings (SSSR count). The van der Waals surface area contributed by atoms with Crippen molar-refractivity contribution in [2.24, 2.45) is 0 Å². The van der Waals surface area contributed by atoms with Gasteiger partial charge in [0.25, 0.3) is 0 Å². The van der Waals surface area contributed by atoms with Gasteiger partial charge in [-0.25, -0.2) is 0 Å². The molecule has 1 heteroatoms. The normalized spacial score (nSPS) is 8.91. The first kappa shape index (κ1) is 10.5. The van der Waals surface area contributed by atoms with Gasteiger partial charge in [0.05, 0.1) is 6.61 Å². The summed E-state index contributed by atoms with van der Waals surface area (Å²) >= 11 is 0. The second kappa shape index (κ2) is 9.52. The molecule has 0 heterocycles. The van der Waals surface area contributed by atoms with Crippen LogP contribution in [0, 0.1) is 11.8 Å².